The SMILES string of the molecule is O=C(O)C1CC(=O)N(C(=O)c2cccc(F)c2)C1. The van der Waals surface area contributed by atoms with Gasteiger partial charge in [0.05, 0.1) is 5.92 Å². The standard InChI is InChI=1S/C12H10FNO4/c13-9-3-1-2-7(4-9)11(16)14-6-8(12(17)18)5-10(14)15/h1-4,8H,5-6H2,(H,17,18). The van der Waals surface area contributed by atoms with Gasteiger partial charge < -0.3 is 5.11 Å². The third kappa shape index (κ3) is 2.22. The molecule has 0 bridgehead atoms. The van der Waals surface area contributed by atoms with E-state index in [1.165, 1.54) is 18.2 Å². The minimum absolute atomic E-state index is 0.0365. The number of halogens is 1. The van der Waals surface area contributed by atoms with Gasteiger partial charge >= 0.3 is 5.97 Å². The van der Waals surface area contributed by atoms with Crippen LogP contribution in [-0.4, -0.2) is 34.3 Å². The van der Waals surface area contributed by atoms with Gasteiger partial charge in [0.15, 0.2) is 0 Å². The molecule has 1 unspecified atom stereocenters. The number of rotatable bonds is 2. The van der Waals surface area contributed by atoms with Crippen LogP contribution in [0.3, 0.4) is 0 Å². The van der Waals surface area contributed by atoms with Crippen molar-refractivity contribution in [3.05, 3.63) is 35.6 Å². The largest absolute Gasteiger partial charge is 0.481 e. The molecule has 0 saturated carbocycles. The Morgan fingerprint density at radius 2 is 2.11 bits per heavy atom. The Morgan fingerprint density at radius 1 is 1.39 bits per heavy atom. The molecule has 1 fully saturated rings. The lowest BCUT2D eigenvalue weighted by Gasteiger charge is -2.13. The number of amides is 2. The topological polar surface area (TPSA) is 74.7 Å². The molecule has 1 heterocycles. The molecule has 1 saturated heterocycles. The molecule has 94 valence electrons. The molecule has 5 nitrogen and oxygen atoms in total. The van der Waals surface area contributed by atoms with Crippen LogP contribution >= 0.6 is 0 Å². The van der Waals surface area contributed by atoms with Gasteiger partial charge in [-0.3, -0.25) is 19.3 Å². The van der Waals surface area contributed by atoms with Gasteiger partial charge in [0.25, 0.3) is 5.91 Å². The molecule has 0 aliphatic carbocycles. The second-order valence-corrected chi connectivity index (χ2v) is 4.06. The van der Waals surface area contributed by atoms with E-state index in [0.29, 0.717) is 0 Å². The van der Waals surface area contributed by atoms with Gasteiger partial charge in [0.2, 0.25) is 5.91 Å². The maximum Gasteiger partial charge on any atom is 0.308 e. The summed E-state index contributed by atoms with van der Waals surface area (Å²) in [5.41, 5.74) is 0.0365. The van der Waals surface area contributed by atoms with E-state index in [2.05, 4.69) is 0 Å². The Bertz CT molecular complexity index is 529. The van der Waals surface area contributed by atoms with Crippen LogP contribution in [0, 0.1) is 11.7 Å². The van der Waals surface area contributed by atoms with Gasteiger partial charge in [0, 0.05) is 18.5 Å². The number of carbonyl (C=O) groups excluding carboxylic acids is 2. The molecular weight excluding hydrogens is 241 g/mol. The second-order valence-electron chi connectivity index (χ2n) is 4.06. The zero-order chi connectivity index (χ0) is 13.3. The highest BCUT2D eigenvalue weighted by Crippen LogP contribution is 2.20. The van der Waals surface area contributed by atoms with Crippen molar-refractivity contribution in [3.8, 4) is 0 Å². The van der Waals surface area contributed by atoms with Crippen molar-refractivity contribution in [1.29, 1.82) is 0 Å². The molecule has 2 rings (SSSR count). The number of carboxylic acids is 1. The monoisotopic (exact) mass is 251 g/mol. The molecule has 2 amide bonds. The lowest BCUT2D eigenvalue weighted by Crippen LogP contribution is -2.33. The van der Waals surface area contributed by atoms with Gasteiger partial charge in [-0.15, -0.1) is 0 Å². The molecule has 1 aromatic rings. The van der Waals surface area contributed by atoms with Crippen LogP contribution < -0.4 is 0 Å². The summed E-state index contributed by atoms with van der Waals surface area (Å²) in [6.07, 6.45) is -0.198. The van der Waals surface area contributed by atoms with Crippen LogP contribution in [0.2, 0.25) is 0 Å². The minimum Gasteiger partial charge on any atom is -0.481 e. The first kappa shape index (κ1) is 12.2. The van der Waals surface area contributed by atoms with Gasteiger partial charge in [-0.05, 0) is 18.2 Å². The van der Waals surface area contributed by atoms with Gasteiger partial charge in [-0.2, -0.15) is 0 Å². The fourth-order valence-corrected chi connectivity index (χ4v) is 1.85. The Labute approximate surface area is 102 Å². The van der Waals surface area contributed by atoms with Crippen LogP contribution in [0.1, 0.15) is 16.8 Å². The summed E-state index contributed by atoms with van der Waals surface area (Å²) in [4.78, 5) is 35.1. The second kappa shape index (κ2) is 4.56. The van der Waals surface area contributed by atoms with Crippen LogP contribution in [0.5, 0.6) is 0 Å². The third-order valence-electron chi connectivity index (χ3n) is 2.79. The maximum absolute atomic E-state index is 13.0. The van der Waals surface area contributed by atoms with Crippen LogP contribution in [0.25, 0.3) is 0 Å². The molecule has 0 aromatic heterocycles. The van der Waals surface area contributed by atoms with Crippen LogP contribution in [0.15, 0.2) is 24.3 Å². The number of imide groups is 1. The highest BCUT2D eigenvalue weighted by Gasteiger charge is 2.38. The number of likely N-dealkylation sites (tertiary alicyclic amines) is 1. The summed E-state index contributed by atoms with van der Waals surface area (Å²) in [5, 5.41) is 8.80. The van der Waals surface area contributed by atoms with Crippen molar-refractivity contribution >= 4 is 17.8 Å². The van der Waals surface area contributed by atoms with Crippen molar-refractivity contribution < 1.29 is 23.9 Å². The Kier molecular flexibility index (Phi) is 3.10. The first-order valence-electron chi connectivity index (χ1n) is 5.32. The predicted octanol–water partition coefficient (Wildman–Crippen LogP) is 0.899. The zero-order valence-electron chi connectivity index (χ0n) is 9.30. The Morgan fingerprint density at radius 3 is 2.67 bits per heavy atom. The van der Waals surface area contributed by atoms with E-state index >= 15 is 0 Å². The number of nitrogens with zero attached hydrogens (tertiary/aromatic N) is 1. The molecule has 1 aromatic carbocycles. The first-order valence-corrected chi connectivity index (χ1v) is 5.32. The number of carboxylic acid groups (broad SMARTS) is 1. The molecule has 18 heavy (non-hydrogen) atoms. The molecule has 0 radical (unpaired) electrons. The summed E-state index contributed by atoms with van der Waals surface area (Å²) in [6, 6.07) is 4.94. The van der Waals surface area contributed by atoms with Crippen LogP contribution in [0.4, 0.5) is 4.39 Å². The smallest absolute Gasteiger partial charge is 0.308 e. The first-order chi connectivity index (χ1) is 8.49. The van der Waals surface area contributed by atoms with E-state index in [1.807, 2.05) is 0 Å². The predicted molar refractivity (Wildman–Crippen MR) is 58.2 cm³/mol. The van der Waals surface area contributed by atoms with E-state index in [-0.39, 0.29) is 18.5 Å². The van der Waals surface area contributed by atoms with Gasteiger partial charge in [0.1, 0.15) is 5.82 Å². The van der Waals surface area contributed by atoms with E-state index < -0.39 is 29.5 Å². The van der Waals surface area contributed by atoms with E-state index in [9.17, 15) is 18.8 Å². The highest BCUT2D eigenvalue weighted by molar-refractivity contribution is 6.06. The number of aliphatic carboxylic acids is 1. The number of hydrogen-bond acceptors (Lipinski definition) is 3. The summed E-state index contributed by atoms with van der Waals surface area (Å²) in [6.45, 7) is -0.163. The molecule has 1 aliphatic rings. The highest BCUT2D eigenvalue weighted by atomic mass is 19.1. The summed E-state index contributed by atoms with van der Waals surface area (Å²) in [7, 11) is 0. The van der Waals surface area contributed by atoms with Crippen LogP contribution in [-0.2, 0) is 9.59 Å². The molecule has 6 heteroatoms. The molecule has 1 aliphatic heterocycles. The van der Waals surface area contributed by atoms with Crippen molar-refractivity contribution in [2.45, 2.75) is 6.42 Å². The van der Waals surface area contributed by atoms with E-state index in [1.54, 1.807) is 0 Å². The molecule has 1 N–H and O–H groups in total. The molecule has 1 atom stereocenters. The lowest BCUT2D eigenvalue weighted by atomic mass is 10.1. The van der Waals surface area contributed by atoms with Crippen molar-refractivity contribution in [2.24, 2.45) is 5.92 Å². The Balaban J connectivity index is 2.20. The molecular formula is C12H10FNO4. The van der Waals surface area contributed by atoms with Crippen molar-refractivity contribution in [3.63, 3.8) is 0 Å². The van der Waals surface area contributed by atoms with E-state index in [4.69, 9.17) is 5.11 Å². The Hall–Kier alpha value is -2.24. The van der Waals surface area contributed by atoms with Gasteiger partial charge in [-0.1, -0.05) is 6.07 Å². The average molecular weight is 251 g/mol. The molecule has 0 spiro atoms. The lowest BCUT2D eigenvalue weighted by molar-refractivity contribution is -0.141. The summed E-state index contributed by atoms with van der Waals surface area (Å²) < 4.78 is 13.0. The fourth-order valence-electron chi connectivity index (χ4n) is 1.85. The fraction of sp³-hybridized carbons (Fsp3) is 0.250. The normalized spacial score (nSPS) is 19.1. The maximum atomic E-state index is 13.0. The summed E-state index contributed by atoms with van der Waals surface area (Å²) >= 11 is 0. The average Bonchev–Trinajstić information content (AvgIpc) is 2.70. The van der Waals surface area contributed by atoms with Crippen molar-refractivity contribution in [1.82, 2.24) is 4.90 Å². The van der Waals surface area contributed by atoms with Crippen molar-refractivity contribution in [2.75, 3.05) is 6.54 Å². The number of hydrogen-bond donors (Lipinski definition) is 1. The minimum atomic E-state index is -1.11. The van der Waals surface area contributed by atoms with E-state index in [0.717, 1.165) is 11.0 Å². The van der Waals surface area contributed by atoms with Gasteiger partial charge in [-0.25, -0.2) is 4.39 Å². The third-order valence-corrected chi connectivity index (χ3v) is 2.79. The quantitative estimate of drug-likeness (QED) is 0.792. The zero-order valence-corrected chi connectivity index (χ0v) is 9.30. The summed E-state index contributed by atoms with van der Waals surface area (Å²) in [5.74, 6) is -3.78. The number of benzene rings is 1. The number of carbonyl (C=O) groups is 3.